The normalized spacial score (nSPS) is 12.9. The highest BCUT2D eigenvalue weighted by Crippen LogP contribution is 2.30. The van der Waals surface area contributed by atoms with E-state index in [0.717, 1.165) is 16.9 Å². The van der Waals surface area contributed by atoms with Crippen LogP contribution in [0.15, 0.2) is 59.2 Å². The van der Waals surface area contributed by atoms with Gasteiger partial charge in [-0.1, -0.05) is 18.2 Å². The molecule has 24 heavy (non-hydrogen) atoms. The zero-order valence-electron chi connectivity index (χ0n) is 12.8. The number of rotatable bonds is 4. The monoisotopic (exact) mass is 321 g/mol. The van der Waals surface area contributed by atoms with Gasteiger partial charge in [-0.25, -0.2) is 4.98 Å². The Morgan fingerprint density at radius 1 is 1.17 bits per heavy atom. The Balaban J connectivity index is 1.44. The Kier molecular flexibility index (Phi) is 3.63. The largest absolute Gasteiger partial charge is 0.482 e. The predicted molar refractivity (Wildman–Crippen MR) is 89.8 cm³/mol. The van der Waals surface area contributed by atoms with Gasteiger partial charge in [0, 0.05) is 17.3 Å². The zero-order chi connectivity index (χ0) is 16.4. The van der Waals surface area contributed by atoms with Crippen LogP contribution in [0, 0.1) is 0 Å². The molecule has 2 aromatic carbocycles. The van der Waals surface area contributed by atoms with Gasteiger partial charge >= 0.3 is 0 Å². The van der Waals surface area contributed by atoms with Gasteiger partial charge in [-0.3, -0.25) is 4.79 Å². The number of hydrogen-bond donors (Lipinski definition) is 2. The average molecular weight is 321 g/mol. The summed E-state index contributed by atoms with van der Waals surface area (Å²) in [7, 11) is 0. The van der Waals surface area contributed by atoms with E-state index in [9.17, 15) is 4.79 Å². The van der Waals surface area contributed by atoms with Crippen LogP contribution in [0.5, 0.6) is 5.75 Å². The highest BCUT2D eigenvalue weighted by molar-refractivity contribution is 5.95. The number of nitrogens with one attached hydrogen (secondary N) is 2. The summed E-state index contributed by atoms with van der Waals surface area (Å²) in [4.78, 5) is 15.7. The zero-order valence-corrected chi connectivity index (χ0v) is 12.8. The number of benzene rings is 2. The Morgan fingerprint density at radius 3 is 2.92 bits per heavy atom. The summed E-state index contributed by atoms with van der Waals surface area (Å²) in [6.45, 7) is 0.571. The first-order valence-electron chi connectivity index (χ1n) is 7.58. The first kappa shape index (κ1) is 14.3. The molecule has 0 saturated carbocycles. The molecule has 0 radical (unpaired) electrons. The van der Waals surface area contributed by atoms with E-state index < -0.39 is 0 Å². The van der Waals surface area contributed by atoms with E-state index in [1.807, 2.05) is 48.5 Å². The lowest BCUT2D eigenvalue weighted by atomic mass is 10.2. The summed E-state index contributed by atoms with van der Waals surface area (Å²) in [5, 5.41) is 6.04. The number of nitrogens with zero attached hydrogens (tertiary/aromatic N) is 1. The molecule has 1 aliphatic rings. The maximum absolute atomic E-state index is 11.3. The van der Waals surface area contributed by atoms with Gasteiger partial charge in [-0.15, -0.1) is 0 Å². The Labute approximate surface area is 138 Å². The van der Waals surface area contributed by atoms with Crippen molar-refractivity contribution in [2.75, 3.05) is 17.2 Å². The Hall–Kier alpha value is -3.28. The van der Waals surface area contributed by atoms with Crippen molar-refractivity contribution in [2.24, 2.45) is 0 Å². The van der Waals surface area contributed by atoms with Gasteiger partial charge in [0.05, 0.1) is 17.9 Å². The lowest BCUT2D eigenvalue weighted by Gasteiger charge is -2.18. The first-order valence-corrected chi connectivity index (χ1v) is 7.58. The van der Waals surface area contributed by atoms with Crippen LogP contribution in [0.25, 0.3) is 11.5 Å². The van der Waals surface area contributed by atoms with E-state index in [-0.39, 0.29) is 12.5 Å². The van der Waals surface area contributed by atoms with Gasteiger partial charge in [0.15, 0.2) is 6.61 Å². The van der Waals surface area contributed by atoms with Crippen LogP contribution >= 0.6 is 0 Å². The maximum Gasteiger partial charge on any atom is 0.262 e. The molecule has 2 N–H and O–H groups in total. The second-order valence-electron chi connectivity index (χ2n) is 5.41. The second kappa shape index (κ2) is 6.08. The van der Waals surface area contributed by atoms with E-state index in [2.05, 4.69) is 15.6 Å². The van der Waals surface area contributed by atoms with Crippen molar-refractivity contribution in [2.45, 2.75) is 6.54 Å². The number of fused-ring (bicyclic) bond motifs is 1. The van der Waals surface area contributed by atoms with Crippen LogP contribution in [-0.4, -0.2) is 17.5 Å². The van der Waals surface area contributed by atoms with E-state index in [0.29, 0.717) is 23.9 Å². The van der Waals surface area contributed by atoms with Crippen molar-refractivity contribution in [3.05, 3.63) is 60.5 Å². The van der Waals surface area contributed by atoms with Crippen molar-refractivity contribution in [3.63, 3.8) is 0 Å². The Morgan fingerprint density at radius 2 is 2.04 bits per heavy atom. The molecule has 120 valence electrons. The number of ether oxygens (including phenoxy) is 1. The van der Waals surface area contributed by atoms with Crippen molar-refractivity contribution in [3.8, 4) is 17.2 Å². The molecule has 1 aliphatic heterocycles. The van der Waals surface area contributed by atoms with E-state index in [1.165, 1.54) is 0 Å². The summed E-state index contributed by atoms with van der Waals surface area (Å²) in [5.74, 6) is 1.12. The van der Waals surface area contributed by atoms with Gasteiger partial charge in [0.1, 0.15) is 12.0 Å². The minimum atomic E-state index is -0.140. The fourth-order valence-electron chi connectivity index (χ4n) is 2.48. The van der Waals surface area contributed by atoms with E-state index >= 15 is 0 Å². The standard InChI is InChI=1S/C18H15N3O3/c22-17-11-23-16-8-13(6-7-15(16)21-17)19-9-14-10-24-18(20-14)12-4-2-1-3-5-12/h1-8,10,19H,9,11H2,(H,21,22). The summed E-state index contributed by atoms with van der Waals surface area (Å²) in [6, 6.07) is 15.3. The summed E-state index contributed by atoms with van der Waals surface area (Å²) >= 11 is 0. The molecular weight excluding hydrogens is 306 g/mol. The molecule has 0 bridgehead atoms. The van der Waals surface area contributed by atoms with Gasteiger partial charge in [0.2, 0.25) is 5.89 Å². The highest BCUT2D eigenvalue weighted by Gasteiger charge is 2.16. The number of oxazole rings is 1. The van der Waals surface area contributed by atoms with Crippen LogP contribution < -0.4 is 15.4 Å². The van der Waals surface area contributed by atoms with Crippen molar-refractivity contribution >= 4 is 17.3 Å². The van der Waals surface area contributed by atoms with Crippen molar-refractivity contribution in [1.82, 2.24) is 4.98 Å². The molecule has 2 heterocycles. The molecule has 3 aromatic rings. The van der Waals surface area contributed by atoms with Crippen LogP contribution in [0.4, 0.5) is 11.4 Å². The van der Waals surface area contributed by atoms with Gasteiger partial charge in [0.25, 0.3) is 5.91 Å². The molecule has 6 heteroatoms. The van der Waals surface area contributed by atoms with Gasteiger partial charge in [-0.2, -0.15) is 0 Å². The molecule has 0 fully saturated rings. The first-order chi connectivity index (χ1) is 11.8. The lowest BCUT2D eigenvalue weighted by molar-refractivity contribution is -0.118. The minimum Gasteiger partial charge on any atom is -0.482 e. The number of hydrogen-bond acceptors (Lipinski definition) is 5. The molecule has 0 aliphatic carbocycles. The molecule has 0 saturated heterocycles. The third-order valence-electron chi connectivity index (χ3n) is 3.66. The molecule has 0 atom stereocenters. The number of amides is 1. The lowest BCUT2D eigenvalue weighted by Crippen LogP contribution is -2.25. The van der Waals surface area contributed by atoms with E-state index in [4.69, 9.17) is 9.15 Å². The summed E-state index contributed by atoms with van der Waals surface area (Å²) in [5.41, 5.74) is 3.32. The van der Waals surface area contributed by atoms with Crippen LogP contribution in [0.2, 0.25) is 0 Å². The van der Waals surface area contributed by atoms with Crippen molar-refractivity contribution < 1.29 is 13.9 Å². The maximum atomic E-state index is 11.3. The van der Waals surface area contributed by atoms with Crippen LogP contribution in [0.1, 0.15) is 5.69 Å². The predicted octanol–water partition coefficient (Wildman–Crippen LogP) is 3.28. The van der Waals surface area contributed by atoms with Gasteiger partial charge in [-0.05, 0) is 24.3 Å². The summed E-state index contributed by atoms with van der Waals surface area (Å²) < 4.78 is 10.9. The van der Waals surface area contributed by atoms with Crippen molar-refractivity contribution in [1.29, 1.82) is 0 Å². The molecule has 1 aromatic heterocycles. The third kappa shape index (κ3) is 2.94. The molecule has 4 rings (SSSR count). The molecule has 0 spiro atoms. The Bertz CT molecular complexity index is 874. The SMILES string of the molecule is O=C1COc2cc(NCc3coc(-c4ccccc4)n3)ccc2N1. The van der Waals surface area contributed by atoms with E-state index in [1.54, 1.807) is 6.26 Å². The molecule has 6 nitrogen and oxygen atoms in total. The average Bonchev–Trinajstić information content (AvgIpc) is 3.10. The number of aromatic nitrogens is 1. The highest BCUT2D eigenvalue weighted by atomic mass is 16.5. The minimum absolute atomic E-state index is 0.0418. The topological polar surface area (TPSA) is 76.4 Å². The summed E-state index contributed by atoms with van der Waals surface area (Å²) in [6.07, 6.45) is 1.64. The third-order valence-corrected chi connectivity index (χ3v) is 3.66. The number of carbonyl (C=O) groups is 1. The quantitative estimate of drug-likeness (QED) is 0.771. The number of carbonyl (C=O) groups excluding carboxylic acids is 1. The molecule has 0 unspecified atom stereocenters. The smallest absolute Gasteiger partial charge is 0.262 e. The molecule has 1 amide bonds. The van der Waals surface area contributed by atoms with Crippen LogP contribution in [0.3, 0.4) is 0 Å². The molecular formula is C18H15N3O3. The number of anilines is 2. The fourth-order valence-corrected chi connectivity index (χ4v) is 2.48. The van der Waals surface area contributed by atoms with Gasteiger partial charge < -0.3 is 19.8 Å². The fraction of sp³-hybridized carbons (Fsp3) is 0.111. The van der Waals surface area contributed by atoms with Crippen LogP contribution in [-0.2, 0) is 11.3 Å². The second-order valence-corrected chi connectivity index (χ2v) is 5.41.